The molecule has 0 aliphatic heterocycles. The number of nitrogens with one attached hydrogen (secondary N) is 1. The molecule has 1 amide bonds. The molecule has 40 heavy (non-hydrogen) atoms. The van der Waals surface area contributed by atoms with Gasteiger partial charge in [0.05, 0.1) is 24.9 Å². The number of benzene rings is 2. The minimum absolute atomic E-state index is 0.0602. The second kappa shape index (κ2) is 12.5. The van der Waals surface area contributed by atoms with Crippen LogP contribution in [0.25, 0.3) is 11.2 Å². The Hall–Kier alpha value is -3.97. The van der Waals surface area contributed by atoms with Gasteiger partial charge < -0.3 is 9.30 Å². The van der Waals surface area contributed by atoms with Gasteiger partial charge in [0.25, 0.3) is 0 Å². The summed E-state index contributed by atoms with van der Waals surface area (Å²) in [6.45, 7) is 4.88. The number of carbonyl (C=O) groups is 1. The number of methoxy groups -OCH3 is 1. The number of hydrogen-bond acceptors (Lipinski definition) is 9. The van der Waals surface area contributed by atoms with Crippen LogP contribution >= 0.6 is 0 Å². The molecule has 1 atom stereocenters. The molecule has 2 aromatic heterocycles. The van der Waals surface area contributed by atoms with Crippen molar-refractivity contribution in [1.82, 2.24) is 19.5 Å². The molecule has 0 spiro atoms. The number of carbonyl (C=O) groups excluding carboxylic acids is 1. The Morgan fingerprint density at radius 3 is 2.45 bits per heavy atom. The van der Waals surface area contributed by atoms with Gasteiger partial charge in [0.15, 0.2) is 5.65 Å². The van der Waals surface area contributed by atoms with Crippen LogP contribution in [0.3, 0.4) is 0 Å². The molecule has 15 heteroatoms. The van der Waals surface area contributed by atoms with Crippen molar-refractivity contribution in [3.63, 3.8) is 0 Å². The molecule has 0 fully saturated rings. The summed E-state index contributed by atoms with van der Waals surface area (Å²) in [6.07, 6.45) is 4.68. The summed E-state index contributed by atoms with van der Waals surface area (Å²) in [7, 11) is -0.431. The molecule has 2 heterocycles. The van der Waals surface area contributed by atoms with E-state index in [9.17, 15) is 22.1 Å². The van der Waals surface area contributed by atoms with Crippen LogP contribution in [0.4, 0.5) is 5.69 Å². The predicted octanol–water partition coefficient (Wildman–Crippen LogP) is 0.854. The number of hydrogen-bond donors (Lipinski definition) is 4. The maximum atomic E-state index is 12.9. The molecule has 1 unspecified atom stereocenters. The first-order valence-electron chi connectivity index (χ1n) is 11.6. The van der Waals surface area contributed by atoms with E-state index >= 15 is 0 Å². The first-order chi connectivity index (χ1) is 18.8. The number of aromatic nitrogens is 4. The van der Waals surface area contributed by atoms with Crippen LogP contribution < -0.4 is 14.4 Å². The Bertz CT molecular complexity index is 1680. The second-order valence-corrected chi connectivity index (χ2v) is 13.8. The number of sulfone groups is 1. The van der Waals surface area contributed by atoms with Crippen molar-refractivity contribution in [3.8, 4) is 11.5 Å². The average molecular weight is 634 g/mol. The fraction of sp³-hybridized carbons (Fsp3) is 0.200. The molecular weight excluding hydrogens is 605 g/mol. The predicted molar refractivity (Wildman–Crippen MR) is 147 cm³/mol. The van der Waals surface area contributed by atoms with Gasteiger partial charge in [0.2, 0.25) is 15.0 Å². The average Bonchev–Trinajstić information content (AvgIpc) is 3.26. The summed E-state index contributed by atoms with van der Waals surface area (Å²) < 4.78 is 61.2. The zero-order chi connectivity index (χ0) is 29.7. The van der Waals surface area contributed by atoms with E-state index < -0.39 is 45.3 Å². The van der Waals surface area contributed by atoms with Gasteiger partial charge in [-0.25, -0.2) is 18.4 Å². The van der Waals surface area contributed by atoms with Crippen molar-refractivity contribution < 1.29 is 35.0 Å². The Morgan fingerprint density at radius 2 is 1.88 bits per heavy atom. The van der Waals surface area contributed by atoms with Crippen LogP contribution in [0.15, 0.2) is 72.8 Å². The first kappa shape index (κ1) is 30.6. The molecule has 0 radical (unpaired) electrons. The van der Waals surface area contributed by atoms with Crippen molar-refractivity contribution in [1.29, 1.82) is 0 Å². The number of phenols is 1. The Kier molecular flexibility index (Phi) is 9.53. The zero-order valence-electron chi connectivity index (χ0n) is 21.8. The van der Waals surface area contributed by atoms with Gasteiger partial charge in [-0.1, -0.05) is 18.2 Å². The number of imidazole rings is 1. The molecular formula is C25H28AsN5O8S. The number of aryl methyl sites for hydroxylation is 1. The topological polar surface area (TPSA) is 194 Å². The van der Waals surface area contributed by atoms with E-state index in [1.54, 1.807) is 37.2 Å². The molecule has 4 rings (SSSR count). The molecule has 4 aromatic rings. The van der Waals surface area contributed by atoms with Gasteiger partial charge in [0.1, 0.15) is 11.3 Å². The summed E-state index contributed by atoms with van der Waals surface area (Å²) >= 11 is -5.25. The molecule has 0 aliphatic rings. The zero-order valence-corrected chi connectivity index (χ0v) is 24.5. The van der Waals surface area contributed by atoms with Crippen molar-refractivity contribution in [3.05, 3.63) is 73.2 Å². The Balaban J connectivity index is 0.000000252. The quantitative estimate of drug-likeness (QED) is 0.122. The van der Waals surface area contributed by atoms with Gasteiger partial charge in [-0.2, -0.15) is 4.98 Å². The number of aromatic hydroxyl groups is 1. The molecule has 0 saturated heterocycles. The van der Waals surface area contributed by atoms with E-state index in [-0.39, 0.29) is 17.3 Å². The van der Waals surface area contributed by atoms with Gasteiger partial charge in [-0.05, 0) is 24.1 Å². The third-order valence-corrected chi connectivity index (χ3v) is 9.63. The summed E-state index contributed by atoms with van der Waals surface area (Å²) in [6, 6.07) is 11.1. The van der Waals surface area contributed by atoms with Crippen LogP contribution in [-0.4, -0.2) is 73.7 Å². The van der Waals surface area contributed by atoms with Crippen molar-refractivity contribution in [2.75, 3.05) is 12.4 Å². The number of nitrogens with zero attached hydrogens (tertiary/aromatic N) is 4. The van der Waals surface area contributed by atoms with E-state index in [1.165, 1.54) is 31.3 Å². The number of phenolic OH excluding ortho intramolecular Hbond substituents is 1. The van der Waals surface area contributed by atoms with E-state index in [0.717, 1.165) is 11.6 Å². The molecule has 13 nitrogen and oxygen atoms in total. The Morgan fingerprint density at radius 1 is 1.20 bits per heavy atom. The summed E-state index contributed by atoms with van der Waals surface area (Å²) in [5.74, 6) is -0.272. The monoisotopic (exact) mass is 633 g/mol. The second-order valence-electron chi connectivity index (χ2n) is 8.49. The summed E-state index contributed by atoms with van der Waals surface area (Å²) in [5, 5.41) is 10.5. The third-order valence-electron chi connectivity index (χ3n) is 5.56. The molecule has 2 aromatic carbocycles. The fourth-order valence-electron chi connectivity index (χ4n) is 3.62. The first-order valence-corrected chi connectivity index (χ1v) is 16.5. The van der Waals surface area contributed by atoms with Gasteiger partial charge >= 0.3 is 88.1 Å². The third kappa shape index (κ3) is 7.16. The fourth-order valence-corrected chi connectivity index (χ4v) is 6.68. The van der Waals surface area contributed by atoms with Crippen LogP contribution in [0.1, 0.15) is 12.5 Å². The van der Waals surface area contributed by atoms with Crippen LogP contribution in [0.5, 0.6) is 11.5 Å². The van der Waals surface area contributed by atoms with E-state index in [1.807, 2.05) is 12.1 Å². The number of ether oxygens (including phenoxy) is 1. The molecule has 4 N–H and O–H groups in total. The Labute approximate surface area is 233 Å². The van der Waals surface area contributed by atoms with Gasteiger partial charge in [-0.15, -0.1) is 6.58 Å². The molecule has 0 saturated carbocycles. The van der Waals surface area contributed by atoms with Crippen molar-refractivity contribution >= 4 is 51.1 Å². The van der Waals surface area contributed by atoms with E-state index in [2.05, 4.69) is 26.8 Å². The standard InChI is InChI=1S/C17H18N4O3S.C8H10AsNO5/c1-4-14(9-12-5-7-13(24-3)8-6-12)25(22,23)17-18-10-15-16(20-17)21(2)11-19-15;1-5(11)10-6-3-2-4-7(12)8(6)9(13,14)15/h4-8,10-11,14H,1,9H2,2-3H3;2-4,12H,1H3,(H,10,11)(H2,13,14,15). The minimum atomic E-state index is -5.25. The van der Waals surface area contributed by atoms with Gasteiger partial charge in [0, 0.05) is 7.05 Å². The van der Waals surface area contributed by atoms with Crippen molar-refractivity contribution in [2.45, 2.75) is 23.8 Å². The summed E-state index contributed by atoms with van der Waals surface area (Å²) in [4.78, 5) is 23.0. The van der Waals surface area contributed by atoms with Gasteiger partial charge in [-0.3, -0.25) is 0 Å². The summed E-state index contributed by atoms with van der Waals surface area (Å²) in [5.41, 5.74) is 1.82. The number of amides is 1. The molecule has 0 bridgehead atoms. The number of rotatable bonds is 8. The van der Waals surface area contributed by atoms with E-state index in [0.29, 0.717) is 16.9 Å². The van der Waals surface area contributed by atoms with E-state index in [4.69, 9.17) is 12.9 Å². The molecule has 212 valence electrons. The van der Waals surface area contributed by atoms with Crippen LogP contribution in [-0.2, 0) is 31.8 Å². The van der Waals surface area contributed by atoms with Crippen molar-refractivity contribution in [2.24, 2.45) is 7.05 Å². The SMILES string of the molecule is C=CC(Cc1ccc(OC)cc1)S(=O)(=O)c1ncc2ncn(C)c2n1.CC(=O)Nc1cccc(O)c1[As](=O)(O)O. The van der Waals surface area contributed by atoms with Crippen LogP contribution in [0, 0.1) is 0 Å². The number of fused-ring (bicyclic) bond motifs is 1. The van der Waals surface area contributed by atoms with Crippen LogP contribution in [0.2, 0.25) is 0 Å². The number of anilines is 1. The molecule has 0 aliphatic carbocycles. The maximum absolute atomic E-state index is 12.9. The normalized spacial score (nSPS) is 12.2.